The number of hydrogen-bond donors (Lipinski definition) is 3. The largest absolute Gasteiger partial charge is 0.503 e. The van der Waals surface area contributed by atoms with Gasteiger partial charge in [-0.1, -0.05) is 20.8 Å². The normalized spacial score (nSPS) is 9.62. The molecule has 0 fully saturated rings. The Balaban J connectivity index is 0.000000473. The second-order valence-corrected chi connectivity index (χ2v) is 7.18. The fraction of sp³-hybridized carbons (Fsp3) is 0.375. The summed E-state index contributed by atoms with van der Waals surface area (Å²) in [7, 11) is 0. The first-order valence-corrected chi connectivity index (χ1v) is 10.9. The number of pyridine rings is 3. The standard InChI is InChI=1S/3C8H11NO2.Fe/c3*1-2-5-9-6-3-4-7(10)8(9)11;/h3*3-4,6,10H,2,5H2,1H3;. The summed E-state index contributed by atoms with van der Waals surface area (Å²) in [6.45, 7) is 7.93. The summed E-state index contributed by atoms with van der Waals surface area (Å²) in [5.41, 5.74) is -0.932. The van der Waals surface area contributed by atoms with E-state index in [4.69, 9.17) is 15.3 Å². The van der Waals surface area contributed by atoms with Crippen molar-refractivity contribution in [2.75, 3.05) is 0 Å². The van der Waals surface area contributed by atoms with E-state index in [1.54, 1.807) is 36.8 Å². The molecule has 3 aromatic heterocycles. The third-order valence-electron chi connectivity index (χ3n) is 4.39. The van der Waals surface area contributed by atoms with Gasteiger partial charge in [-0.05, 0) is 55.7 Å². The molecular formula is C24H33FeN3O6. The van der Waals surface area contributed by atoms with Crippen molar-refractivity contribution in [3.63, 3.8) is 0 Å². The average molecular weight is 515 g/mol. The molecule has 0 aromatic carbocycles. The maximum Gasteiger partial charge on any atom is 0.292 e. The fourth-order valence-corrected chi connectivity index (χ4v) is 2.82. The van der Waals surface area contributed by atoms with E-state index in [2.05, 4.69) is 0 Å². The molecule has 0 aliphatic heterocycles. The molecule has 0 amide bonds. The molecular weight excluding hydrogens is 482 g/mol. The first kappa shape index (κ1) is 30.8. The molecule has 34 heavy (non-hydrogen) atoms. The Morgan fingerprint density at radius 3 is 1.00 bits per heavy atom. The van der Waals surface area contributed by atoms with Gasteiger partial charge in [0, 0.05) is 55.3 Å². The van der Waals surface area contributed by atoms with Crippen molar-refractivity contribution in [3.05, 3.63) is 86.1 Å². The summed E-state index contributed by atoms with van der Waals surface area (Å²) in [6, 6.07) is 9.17. The number of nitrogens with zero attached hydrogens (tertiary/aromatic N) is 3. The monoisotopic (exact) mass is 515 g/mol. The van der Waals surface area contributed by atoms with Crippen molar-refractivity contribution < 1.29 is 32.4 Å². The van der Waals surface area contributed by atoms with Gasteiger partial charge in [0.05, 0.1) is 0 Å². The number of aromatic nitrogens is 3. The molecule has 3 aromatic rings. The van der Waals surface area contributed by atoms with Crippen LogP contribution in [0.4, 0.5) is 0 Å². The van der Waals surface area contributed by atoms with Crippen molar-refractivity contribution in [2.45, 2.75) is 59.7 Å². The Bertz CT molecular complexity index is 1020. The smallest absolute Gasteiger partial charge is 0.292 e. The molecule has 0 saturated heterocycles. The Kier molecular flexibility index (Phi) is 14.8. The number of aryl methyl sites for hydroxylation is 3. The van der Waals surface area contributed by atoms with Crippen LogP contribution in [0.25, 0.3) is 0 Å². The third kappa shape index (κ3) is 9.72. The summed E-state index contributed by atoms with van der Waals surface area (Å²) in [6.07, 6.45) is 7.69. The predicted octanol–water partition coefficient (Wildman–Crippen LogP) is 2.89. The average Bonchev–Trinajstić information content (AvgIpc) is 2.79. The molecule has 0 bridgehead atoms. The molecule has 0 aliphatic rings. The van der Waals surface area contributed by atoms with E-state index in [0.717, 1.165) is 19.3 Å². The maximum atomic E-state index is 11.1. The minimum Gasteiger partial charge on any atom is -0.503 e. The predicted molar refractivity (Wildman–Crippen MR) is 128 cm³/mol. The van der Waals surface area contributed by atoms with Crippen molar-refractivity contribution in [3.8, 4) is 17.2 Å². The van der Waals surface area contributed by atoms with Crippen LogP contribution in [-0.4, -0.2) is 29.0 Å². The zero-order chi connectivity index (χ0) is 24.8. The van der Waals surface area contributed by atoms with Crippen LogP contribution < -0.4 is 16.7 Å². The first-order chi connectivity index (χ1) is 15.8. The number of hydrogen-bond acceptors (Lipinski definition) is 6. The van der Waals surface area contributed by atoms with Gasteiger partial charge in [-0.2, -0.15) is 0 Å². The van der Waals surface area contributed by atoms with Crippen molar-refractivity contribution in [1.29, 1.82) is 0 Å². The third-order valence-corrected chi connectivity index (χ3v) is 4.39. The zero-order valence-electron chi connectivity index (χ0n) is 19.7. The molecule has 0 radical (unpaired) electrons. The molecule has 3 N–H and O–H groups in total. The quantitative estimate of drug-likeness (QED) is 0.434. The molecule has 0 unspecified atom stereocenters. The molecule has 10 heteroatoms. The van der Waals surface area contributed by atoms with Crippen LogP contribution in [0.5, 0.6) is 17.2 Å². The molecule has 0 saturated carbocycles. The summed E-state index contributed by atoms with van der Waals surface area (Å²) < 4.78 is 4.49. The summed E-state index contributed by atoms with van der Waals surface area (Å²) in [5.74, 6) is -0.539. The van der Waals surface area contributed by atoms with Crippen LogP contribution in [-0.2, 0) is 36.7 Å². The number of rotatable bonds is 6. The first-order valence-electron chi connectivity index (χ1n) is 10.9. The van der Waals surface area contributed by atoms with Crippen molar-refractivity contribution in [1.82, 2.24) is 13.7 Å². The van der Waals surface area contributed by atoms with Crippen LogP contribution >= 0.6 is 0 Å². The van der Waals surface area contributed by atoms with E-state index < -0.39 is 0 Å². The van der Waals surface area contributed by atoms with E-state index in [1.807, 2.05) is 20.8 Å². The molecule has 3 heterocycles. The van der Waals surface area contributed by atoms with Crippen LogP contribution in [0.3, 0.4) is 0 Å². The van der Waals surface area contributed by atoms with Gasteiger partial charge in [0.2, 0.25) is 0 Å². The van der Waals surface area contributed by atoms with Gasteiger partial charge in [-0.25, -0.2) is 0 Å². The van der Waals surface area contributed by atoms with Gasteiger partial charge in [-0.15, -0.1) is 0 Å². The van der Waals surface area contributed by atoms with E-state index >= 15 is 0 Å². The minimum atomic E-state index is -0.311. The Morgan fingerprint density at radius 1 is 0.559 bits per heavy atom. The van der Waals surface area contributed by atoms with Gasteiger partial charge in [0.1, 0.15) is 0 Å². The minimum absolute atomic E-state index is 0. The summed E-state index contributed by atoms with van der Waals surface area (Å²) >= 11 is 0. The van der Waals surface area contributed by atoms with Crippen LogP contribution in [0.2, 0.25) is 0 Å². The summed E-state index contributed by atoms with van der Waals surface area (Å²) in [4.78, 5) is 33.2. The number of aromatic hydroxyl groups is 3. The van der Waals surface area contributed by atoms with E-state index in [9.17, 15) is 14.4 Å². The molecule has 0 spiro atoms. The molecule has 188 valence electrons. The maximum absolute atomic E-state index is 11.1. The zero-order valence-corrected chi connectivity index (χ0v) is 20.8. The van der Waals surface area contributed by atoms with Gasteiger partial charge in [0.25, 0.3) is 16.7 Å². The van der Waals surface area contributed by atoms with Crippen LogP contribution in [0.1, 0.15) is 40.0 Å². The Labute approximate surface area is 209 Å². The van der Waals surface area contributed by atoms with Gasteiger partial charge in [0.15, 0.2) is 17.2 Å². The Morgan fingerprint density at radius 2 is 0.794 bits per heavy atom. The van der Waals surface area contributed by atoms with Crippen molar-refractivity contribution >= 4 is 0 Å². The second-order valence-electron chi connectivity index (χ2n) is 7.18. The second kappa shape index (κ2) is 16.4. The van der Waals surface area contributed by atoms with Crippen molar-refractivity contribution in [2.24, 2.45) is 0 Å². The van der Waals surface area contributed by atoms with Gasteiger partial charge in [-0.3, -0.25) is 14.4 Å². The summed E-state index contributed by atoms with van der Waals surface area (Å²) in [5, 5.41) is 27.0. The molecule has 9 nitrogen and oxygen atoms in total. The Hall–Kier alpha value is -3.23. The van der Waals surface area contributed by atoms with Crippen LogP contribution in [0.15, 0.2) is 69.4 Å². The SMILES string of the molecule is CCCn1cccc(O)c1=O.CCCn1cccc(O)c1=O.CCCn1cccc(O)c1=O.[Fe]. The van der Waals surface area contributed by atoms with E-state index in [-0.39, 0.29) is 51.0 Å². The van der Waals surface area contributed by atoms with Gasteiger partial charge < -0.3 is 29.0 Å². The molecule has 0 atom stereocenters. The topological polar surface area (TPSA) is 127 Å². The molecule has 0 aliphatic carbocycles. The van der Waals surface area contributed by atoms with E-state index in [1.165, 1.54) is 31.9 Å². The molecule has 3 rings (SSSR count). The van der Waals surface area contributed by atoms with E-state index in [0.29, 0.717) is 19.6 Å². The van der Waals surface area contributed by atoms with Crippen LogP contribution in [0, 0.1) is 0 Å². The van der Waals surface area contributed by atoms with Gasteiger partial charge >= 0.3 is 0 Å². The fourth-order valence-electron chi connectivity index (χ4n) is 2.82.